The van der Waals surface area contributed by atoms with Crippen LogP contribution in [0.5, 0.6) is 0 Å². The van der Waals surface area contributed by atoms with Gasteiger partial charge in [-0.1, -0.05) is 41.9 Å². The van der Waals surface area contributed by atoms with E-state index in [1.165, 1.54) is 18.0 Å². The van der Waals surface area contributed by atoms with Crippen LogP contribution in [0.1, 0.15) is 38.1 Å². The molecule has 0 saturated carbocycles. The average Bonchev–Trinajstić information content (AvgIpc) is 2.67. The van der Waals surface area contributed by atoms with E-state index in [1.807, 2.05) is 6.92 Å². The molecule has 9 heteroatoms. The third kappa shape index (κ3) is 4.39. The van der Waals surface area contributed by atoms with Gasteiger partial charge in [-0.05, 0) is 32.1 Å². The Hall–Kier alpha value is -1.12. The van der Waals surface area contributed by atoms with Gasteiger partial charge in [0.1, 0.15) is 10.7 Å². The van der Waals surface area contributed by atoms with Gasteiger partial charge in [-0.15, -0.1) is 0 Å². The van der Waals surface area contributed by atoms with Crippen LogP contribution in [0.25, 0.3) is 0 Å². The normalized spacial score (nSPS) is 17.6. The predicted octanol–water partition coefficient (Wildman–Crippen LogP) is 4.08. The Kier molecular flexibility index (Phi) is 6.72. The molecule has 6 nitrogen and oxygen atoms in total. The SMILES string of the molecule is Cc1nc(N2CCC(C)([C@@H](C)N)CC2)c(CO)nc1Sc1cncc(Cl)c1Cl. The lowest BCUT2D eigenvalue weighted by atomic mass is 9.75. The Bertz CT molecular complexity index is 856. The molecule has 1 fully saturated rings. The number of nitrogens with zero attached hydrogens (tertiary/aromatic N) is 4. The third-order valence-corrected chi connectivity index (χ3v) is 7.56. The van der Waals surface area contributed by atoms with E-state index in [0.717, 1.165) is 37.4 Å². The number of nitrogens with two attached hydrogens (primary N) is 1. The summed E-state index contributed by atoms with van der Waals surface area (Å²) in [7, 11) is 0. The number of aliphatic hydroxyl groups is 1. The molecule has 3 rings (SSSR count). The molecular formula is C19H25Cl2N5OS. The van der Waals surface area contributed by atoms with Gasteiger partial charge < -0.3 is 15.7 Å². The maximum atomic E-state index is 9.90. The van der Waals surface area contributed by atoms with E-state index in [9.17, 15) is 5.11 Å². The predicted molar refractivity (Wildman–Crippen MR) is 114 cm³/mol. The Morgan fingerprint density at radius 3 is 2.57 bits per heavy atom. The van der Waals surface area contributed by atoms with Crippen LogP contribution in [-0.2, 0) is 6.61 Å². The smallest absolute Gasteiger partial charge is 0.153 e. The van der Waals surface area contributed by atoms with Crippen molar-refractivity contribution in [2.24, 2.45) is 11.1 Å². The molecule has 0 unspecified atom stereocenters. The Labute approximate surface area is 179 Å². The highest BCUT2D eigenvalue weighted by molar-refractivity contribution is 7.99. The summed E-state index contributed by atoms with van der Waals surface area (Å²) in [6, 6.07) is 0.148. The van der Waals surface area contributed by atoms with Crippen molar-refractivity contribution in [2.75, 3.05) is 18.0 Å². The van der Waals surface area contributed by atoms with Crippen molar-refractivity contribution in [1.29, 1.82) is 0 Å². The highest BCUT2D eigenvalue weighted by Gasteiger charge is 2.34. The number of aryl methyl sites for hydroxylation is 1. The minimum absolute atomic E-state index is 0.129. The molecule has 0 spiro atoms. The zero-order valence-electron chi connectivity index (χ0n) is 16.2. The highest BCUT2D eigenvalue weighted by Crippen LogP contribution is 2.39. The van der Waals surface area contributed by atoms with Crippen LogP contribution in [-0.4, -0.2) is 39.2 Å². The molecular weight excluding hydrogens is 417 g/mol. The second-order valence-corrected chi connectivity index (χ2v) is 9.32. The molecule has 0 aromatic carbocycles. The topological polar surface area (TPSA) is 88.2 Å². The summed E-state index contributed by atoms with van der Waals surface area (Å²) in [6.07, 6.45) is 5.11. The van der Waals surface area contributed by atoms with Gasteiger partial charge in [-0.2, -0.15) is 0 Å². The number of anilines is 1. The standard InChI is InChI=1S/C19H25Cl2N5OS/c1-11-18(28-15-9-23-8-13(20)16(15)21)25-14(10-27)17(24-11)26-6-4-19(3,5-7-26)12(2)22/h8-9,12,27H,4-7,10,22H2,1-3H3/t12-/m1/s1. The van der Waals surface area contributed by atoms with Gasteiger partial charge in [-0.3, -0.25) is 4.98 Å². The minimum Gasteiger partial charge on any atom is -0.390 e. The lowest BCUT2D eigenvalue weighted by molar-refractivity contribution is 0.204. The van der Waals surface area contributed by atoms with E-state index in [1.54, 1.807) is 6.20 Å². The maximum Gasteiger partial charge on any atom is 0.153 e. The molecule has 0 aliphatic carbocycles. The van der Waals surface area contributed by atoms with E-state index < -0.39 is 0 Å². The van der Waals surface area contributed by atoms with E-state index in [0.29, 0.717) is 25.7 Å². The van der Waals surface area contributed by atoms with Crippen LogP contribution in [0.3, 0.4) is 0 Å². The number of rotatable bonds is 5. The van der Waals surface area contributed by atoms with Crippen LogP contribution in [0.4, 0.5) is 5.82 Å². The number of aromatic nitrogens is 3. The van der Waals surface area contributed by atoms with Crippen molar-refractivity contribution in [1.82, 2.24) is 15.0 Å². The summed E-state index contributed by atoms with van der Waals surface area (Å²) in [5.74, 6) is 0.742. The largest absolute Gasteiger partial charge is 0.390 e. The van der Waals surface area contributed by atoms with Crippen molar-refractivity contribution < 1.29 is 5.11 Å². The van der Waals surface area contributed by atoms with Gasteiger partial charge in [0, 0.05) is 31.5 Å². The molecule has 3 heterocycles. The summed E-state index contributed by atoms with van der Waals surface area (Å²) in [6.45, 7) is 7.72. The maximum absolute atomic E-state index is 9.90. The second-order valence-electron chi connectivity index (χ2n) is 7.51. The molecule has 0 bridgehead atoms. The number of piperidine rings is 1. The van der Waals surface area contributed by atoms with Gasteiger partial charge >= 0.3 is 0 Å². The summed E-state index contributed by atoms with van der Waals surface area (Å²) in [5, 5.41) is 11.4. The molecule has 1 aliphatic heterocycles. The minimum atomic E-state index is -0.182. The molecule has 2 aromatic heterocycles. The quantitative estimate of drug-likeness (QED) is 0.721. The number of aliphatic hydroxyl groups excluding tert-OH is 1. The Morgan fingerprint density at radius 2 is 1.96 bits per heavy atom. The summed E-state index contributed by atoms with van der Waals surface area (Å²) in [4.78, 5) is 16.4. The lowest BCUT2D eigenvalue weighted by Gasteiger charge is -2.42. The molecule has 2 aromatic rings. The summed E-state index contributed by atoms with van der Waals surface area (Å²) in [5.41, 5.74) is 7.63. The first-order valence-corrected chi connectivity index (χ1v) is 10.8. The van der Waals surface area contributed by atoms with Gasteiger partial charge in [0.2, 0.25) is 0 Å². The number of pyridine rings is 1. The first kappa shape index (κ1) is 21.6. The molecule has 0 amide bonds. The fourth-order valence-corrected chi connectivity index (χ4v) is 4.54. The zero-order chi connectivity index (χ0) is 20.5. The molecule has 1 atom stereocenters. The average molecular weight is 442 g/mol. The Balaban J connectivity index is 1.85. The molecule has 0 radical (unpaired) electrons. The van der Waals surface area contributed by atoms with Crippen LogP contribution in [0, 0.1) is 12.3 Å². The van der Waals surface area contributed by atoms with E-state index in [2.05, 4.69) is 28.7 Å². The van der Waals surface area contributed by atoms with Gasteiger partial charge in [0.25, 0.3) is 0 Å². The first-order chi connectivity index (χ1) is 13.2. The van der Waals surface area contributed by atoms with Crippen LogP contribution < -0.4 is 10.6 Å². The lowest BCUT2D eigenvalue weighted by Crippen LogP contribution is -2.47. The molecule has 1 saturated heterocycles. The zero-order valence-corrected chi connectivity index (χ0v) is 18.6. The molecule has 3 N–H and O–H groups in total. The van der Waals surface area contributed by atoms with Crippen molar-refractivity contribution in [2.45, 2.75) is 56.2 Å². The second kappa shape index (κ2) is 8.71. The van der Waals surface area contributed by atoms with Crippen molar-refractivity contribution in [3.8, 4) is 0 Å². The fourth-order valence-electron chi connectivity index (χ4n) is 3.24. The third-order valence-electron chi connectivity index (χ3n) is 5.54. The summed E-state index contributed by atoms with van der Waals surface area (Å²) >= 11 is 13.7. The van der Waals surface area contributed by atoms with Crippen molar-refractivity contribution in [3.63, 3.8) is 0 Å². The monoisotopic (exact) mass is 441 g/mol. The van der Waals surface area contributed by atoms with E-state index in [4.69, 9.17) is 33.9 Å². The van der Waals surface area contributed by atoms with Crippen molar-refractivity contribution >= 4 is 40.8 Å². The van der Waals surface area contributed by atoms with Gasteiger partial charge in [-0.25, -0.2) is 9.97 Å². The van der Waals surface area contributed by atoms with Gasteiger partial charge in [0.05, 0.1) is 27.2 Å². The Morgan fingerprint density at radius 1 is 1.29 bits per heavy atom. The van der Waals surface area contributed by atoms with Crippen molar-refractivity contribution in [3.05, 3.63) is 33.8 Å². The molecule has 152 valence electrons. The van der Waals surface area contributed by atoms with Crippen LogP contribution in [0.2, 0.25) is 10.0 Å². The number of halogens is 2. The van der Waals surface area contributed by atoms with Crippen LogP contribution in [0.15, 0.2) is 22.3 Å². The van der Waals surface area contributed by atoms with E-state index in [-0.39, 0.29) is 18.1 Å². The number of hydrogen-bond donors (Lipinski definition) is 2. The van der Waals surface area contributed by atoms with E-state index >= 15 is 0 Å². The first-order valence-electron chi connectivity index (χ1n) is 9.21. The molecule has 28 heavy (non-hydrogen) atoms. The number of hydrogen-bond acceptors (Lipinski definition) is 7. The molecule has 1 aliphatic rings. The van der Waals surface area contributed by atoms with Gasteiger partial charge in [0.15, 0.2) is 5.82 Å². The fraction of sp³-hybridized carbons (Fsp3) is 0.526. The summed E-state index contributed by atoms with van der Waals surface area (Å²) < 4.78 is 0. The van der Waals surface area contributed by atoms with Crippen LogP contribution >= 0.6 is 35.0 Å². The highest BCUT2D eigenvalue weighted by atomic mass is 35.5.